The SMILES string of the molecule is Cc1cccc(C)c1NC(=O)c1ccc(N2CCCCC2)cc1. The predicted octanol–water partition coefficient (Wildman–Crippen LogP) is 4.55. The fourth-order valence-corrected chi connectivity index (χ4v) is 3.17. The summed E-state index contributed by atoms with van der Waals surface area (Å²) in [6.07, 6.45) is 3.84. The highest BCUT2D eigenvalue weighted by Crippen LogP contribution is 2.22. The van der Waals surface area contributed by atoms with Crippen molar-refractivity contribution in [1.29, 1.82) is 0 Å². The van der Waals surface area contributed by atoms with E-state index in [4.69, 9.17) is 0 Å². The molecule has 23 heavy (non-hydrogen) atoms. The van der Waals surface area contributed by atoms with Crippen LogP contribution in [0.2, 0.25) is 0 Å². The summed E-state index contributed by atoms with van der Waals surface area (Å²) in [5.74, 6) is -0.0485. The Morgan fingerprint density at radius 1 is 0.913 bits per heavy atom. The van der Waals surface area contributed by atoms with E-state index in [9.17, 15) is 4.79 Å². The summed E-state index contributed by atoms with van der Waals surface area (Å²) in [6, 6.07) is 14.0. The molecule has 120 valence electrons. The molecule has 3 heteroatoms. The lowest BCUT2D eigenvalue weighted by Gasteiger charge is -2.28. The van der Waals surface area contributed by atoms with Crippen molar-refractivity contribution in [3.8, 4) is 0 Å². The van der Waals surface area contributed by atoms with Crippen LogP contribution in [0.15, 0.2) is 42.5 Å². The third-order valence-corrected chi connectivity index (χ3v) is 4.57. The molecule has 1 N–H and O–H groups in total. The Balaban J connectivity index is 1.72. The molecule has 0 aromatic heterocycles. The zero-order chi connectivity index (χ0) is 16.2. The van der Waals surface area contributed by atoms with Crippen molar-refractivity contribution in [3.05, 3.63) is 59.2 Å². The van der Waals surface area contributed by atoms with Crippen molar-refractivity contribution in [2.75, 3.05) is 23.3 Å². The third-order valence-electron chi connectivity index (χ3n) is 4.57. The van der Waals surface area contributed by atoms with Crippen LogP contribution < -0.4 is 10.2 Å². The van der Waals surface area contributed by atoms with Gasteiger partial charge in [-0.1, -0.05) is 18.2 Å². The van der Waals surface area contributed by atoms with Crippen molar-refractivity contribution in [2.45, 2.75) is 33.1 Å². The first-order valence-electron chi connectivity index (χ1n) is 8.38. The van der Waals surface area contributed by atoms with Gasteiger partial charge < -0.3 is 10.2 Å². The van der Waals surface area contributed by atoms with Crippen LogP contribution in [0.25, 0.3) is 0 Å². The third kappa shape index (κ3) is 3.55. The molecule has 1 fully saturated rings. The van der Waals surface area contributed by atoms with Gasteiger partial charge >= 0.3 is 0 Å². The van der Waals surface area contributed by atoms with Crippen LogP contribution >= 0.6 is 0 Å². The number of hydrogen-bond donors (Lipinski definition) is 1. The molecular formula is C20H24N2O. The van der Waals surface area contributed by atoms with E-state index in [0.717, 1.165) is 29.9 Å². The highest BCUT2D eigenvalue weighted by Gasteiger charge is 2.13. The molecular weight excluding hydrogens is 284 g/mol. The molecule has 0 spiro atoms. The normalized spacial score (nSPS) is 14.6. The van der Waals surface area contributed by atoms with Crippen molar-refractivity contribution in [1.82, 2.24) is 0 Å². The van der Waals surface area contributed by atoms with E-state index in [1.54, 1.807) is 0 Å². The maximum Gasteiger partial charge on any atom is 0.255 e. The smallest absolute Gasteiger partial charge is 0.255 e. The molecule has 0 aliphatic carbocycles. The monoisotopic (exact) mass is 308 g/mol. The number of para-hydroxylation sites is 1. The largest absolute Gasteiger partial charge is 0.372 e. The van der Waals surface area contributed by atoms with Gasteiger partial charge in [0.05, 0.1) is 0 Å². The number of amides is 1. The number of piperidine rings is 1. The lowest BCUT2D eigenvalue weighted by Crippen LogP contribution is -2.29. The highest BCUT2D eigenvalue weighted by atomic mass is 16.1. The van der Waals surface area contributed by atoms with Crippen LogP contribution in [0.3, 0.4) is 0 Å². The number of carbonyl (C=O) groups is 1. The fraction of sp³-hybridized carbons (Fsp3) is 0.350. The number of nitrogens with one attached hydrogen (secondary N) is 1. The van der Waals surface area contributed by atoms with Gasteiger partial charge in [-0.2, -0.15) is 0 Å². The Morgan fingerprint density at radius 3 is 2.13 bits per heavy atom. The number of carbonyl (C=O) groups excluding carboxylic acids is 1. The minimum Gasteiger partial charge on any atom is -0.372 e. The summed E-state index contributed by atoms with van der Waals surface area (Å²) < 4.78 is 0. The Bertz CT molecular complexity index is 665. The van der Waals surface area contributed by atoms with Gasteiger partial charge in [0.25, 0.3) is 5.91 Å². The summed E-state index contributed by atoms with van der Waals surface area (Å²) in [6.45, 7) is 6.27. The predicted molar refractivity (Wildman–Crippen MR) is 96.4 cm³/mol. The standard InChI is InChI=1S/C20H24N2O/c1-15-7-6-8-16(2)19(15)21-20(23)17-9-11-18(12-10-17)22-13-4-3-5-14-22/h6-12H,3-5,13-14H2,1-2H3,(H,21,23). The molecule has 1 amide bonds. The molecule has 2 aromatic carbocycles. The van der Waals surface area contributed by atoms with Crippen molar-refractivity contribution in [2.24, 2.45) is 0 Å². The first-order valence-corrected chi connectivity index (χ1v) is 8.38. The van der Waals surface area contributed by atoms with Gasteiger partial charge in [0.15, 0.2) is 0 Å². The summed E-state index contributed by atoms with van der Waals surface area (Å²) in [4.78, 5) is 14.9. The topological polar surface area (TPSA) is 32.3 Å². The van der Waals surface area contributed by atoms with E-state index < -0.39 is 0 Å². The molecule has 2 aromatic rings. The molecule has 3 nitrogen and oxygen atoms in total. The summed E-state index contributed by atoms with van der Waals surface area (Å²) in [5, 5.41) is 3.04. The maximum absolute atomic E-state index is 12.5. The number of nitrogens with zero attached hydrogens (tertiary/aromatic N) is 1. The van der Waals surface area contributed by atoms with Crippen molar-refractivity contribution in [3.63, 3.8) is 0 Å². The number of benzene rings is 2. The van der Waals surface area contributed by atoms with E-state index in [1.807, 2.05) is 44.2 Å². The molecule has 0 bridgehead atoms. The highest BCUT2D eigenvalue weighted by molar-refractivity contribution is 6.05. The molecule has 0 unspecified atom stereocenters. The second-order valence-corrected chi connectivity index (χ2v) is 6.32. The van der Waals surface area contributed by atoms with Gasteiger partial charge in [0.2, 0.25) is 0 Å². The van der Waals surface area contributed by atoms with Crippen LogP contribution in [0.4, 0.5) is 11.4 Å². The molecule has 1 aliphatic rings. The molecule has 3 rings (SSSR count). The van der Waals surface area contributed by atoms with E-state index >= 15 is 0 Å². The Kier molecular flexibility index (Phi) is 4.65. The molecule has 1 aliphatic heterocycles. The molecule has 0 atom stereocenters. The van der Waals surface area contributed by atoms with Gasteiger partial charge in [0.1, 0.15) is 0 Å². The first kappa shape index (κ1) is 15.6. The quantitative estimate of drug-likeness (QED) is 0.902. The second kappa shape index (κ2) is 6.86. The van der Waals surface area contributed by atoms with Crippen molar-refractivity contribution >= 4 is 17.3 Å². The van der Waals surface area contributed by atoms with Crippen LogP contribution in [-0.4, -0.2) is 19.0 Å². The minimum atomic E-state index is -0.0485. The van der Waals surface area contributed by atoms with E-state index in [0.29, 0.717) is 5.56 Å². The maximum atomic E-state index is 12.5. The molecule has 1 heterocycles. The van der Waals surface area contributed by atoms with Crippen LogP contribution in [0.5, 0.6) is 0 Å². The number of hydrogen-bond acceptors (Lipinski definition) is 2. The lowest BCUT2D eigenvalue weighted by atomic mass is 10.1. The van der Waals surface area contributed by atoms with Gasteiger partial charge in [-0.25, -0.2) is 0 Å². The zero-order valence-corrected chi connectivity index (χ0v) is 13.9. The van der Waals surface area contributed by atoms with Gasteiger partial charge in [-0.3, -0.25) is 4.79 Å². The van der Waals surface area contributed by atoms with Crippen LogP contribution in [0, 0.1) is 13.8 Å². The van der Waals surface area contributed by atoms with E-state index in [1.165, 1.54) is 24.9 Å². The summed E-state index contributed by atoms with van der Waals surface area (Å²) in [7, 11) is 0. The Hall–Kier alpha value is -2.29. The van der Waals surface area contributed by atoms with E-state index in [-0.39, 0.29) is 5.91 Å². The Labute approximate surface area is 138 Å². The van der Waals surface area contributed by atoms with Gasteiger partial charge in [-0.15, -0.1) is 0 Å². The average molecular weight is 308 g/mol. The molecule has 0 radical (unpaired) electrons. The van der Waals surface area contributed by atoms with E-state index in [2.05, 4.69) is 22.3 Å². The molecule has 1 saturated heterocycles. The zero-order valence-electron chi connectivity index (χ0n) is 13.9. The average Bonchev–Trinajstić information content (AvgIpc) is 2.59. The van der Waals surface area contributed by atoms with Crippen molar-refractivity contribution < 1.29 is 4.79 Å². The summed E-state index contributed by atoms with van der Waals surface area (Å²) >= 11 is 0. The number of anilines is 2. The number of aryl methyl sites for hydroxylation is 2. The second-order valence-electron chi connectivity index (χ2n) is 6.32. The van der Waals surface area contributed by atoms with Gasteiger partial charge in [-0.05, 0) is 68.5 Å². The fourth-order valence-electron chi connectivity index (χ4n) is 3.17. The van der Waals surface area contributed by atoms with Crippen LogP contribution in [0.1, 0.15) is 40.7 Å². The first-order chi connectivity index (χ1) is 11.1. The lowest BCUT2D eigenvalue weighted by molar-refractivity contribution is 0.102. The Morgan fingerprint density at radius 2 is 1.52 bits per heavy atom. The number of rotatable bonds is 3. The van der Waals surface area contributed by atoms with Crippen LogP contribution in [-0.2, 0) is 0 Å². The minimum absolute atomic E-state index is 0.0485. The molecule has 0 saturated carbocycles. The van der Waals surface area contributed by atoms with Gasteiger partial charge in [0, 0.05) is 30.0 Å². The summed E-state index contributed by atoms with van der Waals surface area (Å²) in [5.41, 5.74) is 5.01.